The number of likely N-dealkylation sites (tertiary alicyclic amines) is 1. The largest absolute Gasteiger partial charge is 0.496 e. The van der Waals surface area contributed by atoms with E-state index in [9.17, 15) is 4.79 Å². The molecule has 1 aromatic carbocycles. The number of hydrogen-bond donors (Lipinski definition) is 0. The minimum Gasteiger partial charge on any atom is -0.496 e. The molecule has 0 N–H and O–H groups in total. The van der Waals surface area contributed by atoms with Gasteiger partial charge in [0, 0.05) is 24.9 Å². The van der Waals surface area contributed by atoms with Crippen molar-refractivity contribution >= 4 is 5.91 Å². The number of carbonyl (C=O) groups is 1. The predicted octanol–water partition coefficient (Wildman–Crippen LogP) is 3.91. The van der Waals surface area contributed by atoms with Crippen molar-refractivity contribution in [3.05, 3.63) is 29.3 Å². The van der Waals surface area contributed by atoms with Crippen LogP contribution in [0.4, 0.5) is 0 Å². The van der Waals surface area contributed by atoms with Gasteiger partial charge in [-0.25, -0.2) is 0 Å². The van der Waals surface area contributed by atoms with Crippen LogP contribution < -0.4 is 4.74 Å². The smallest absolute Gasteiger partial charge is 0.223 e. The molecule has 0 spiro atoms. The van der Waals surface area contributed by atoms with Gasteiger partial charge < -0.3 is 9.64 Å². The lowest BCUT2D eigenvalue weighted by Crippen LogP contribution is -2.40. The lowest BCUT2D eigenvalue weighted by atomic mass is 9.79. The van der Waals surface area contributed by atoms with Crippen LogP contribution in [0.5, 0.6) is 5.75 Å². The molecule has 4 rings (SSSR count). The summed E-state index contributed by atoms with van der Waals surface area (Å²) in [4.78, 5) is 14.9. The predicted molar refractivity (Wildman–Crippen MR) is 90.7 cm³/mol. The van der Waals surface area contributed by atoms with Crippen molar-refractivity contribution in [3.8, 4) is 5.75 Å². The highest BCUT2D eigenvalue weighted by molar-refractivity contribution is 5.81. The van der Waals surface area contributed by atoms with E-state index in [0.717, 1.165) is 31.1 Å². The molecular weight excluding hydrogens is 286 g/mol. The van der Waals surface area contributed by atoms with Crippen molar-refractivity contribution in [2.75, 3.05) is 13.7 Å². The van der Waals surface area contributed by atoms with Crippen molar-refractivity contribution in [1.82, 2.24) is 4.90 Å². The molecule has 2 aliphatic carbocycles. The number of amides is 1. The molecule has 0 radical (unpaired) electrons. The number of methoxy groups -OCH3 is 1. The average molecular weight is 313 g/mol. The molecule has 23 heavy (non-hydrogen) atoms. The molecule has 0 aromatic heterocycles. The van der Waals surface area contributed by atoms with Gasteiger partial charge in [-0.1, -0.05) is 31.4 Å². The van der Waals surface area contributed by atoms with E-state index in [-0.39, 0.29) is 0 Å². The molecule has 2 unspecified atom stereocenters. The van der Waals surface area contributed by atoms with Crippen molar-refractivity contribution < 1.29 is 9.53 Å². The minimum atomic E-state index is 0.376. The number of carbonyl (C=O) groups excluding carboxylic acids is 1. The fourth-order valence-electron chi connectivity index (χ4n) is 5.08. The summed E-state index contributed by atoms with van der Waals surface area (Å²) in [6.07, 6.45) is 9.52. The van der Waals surface area contributed by atoms with Crippen LogP contribution in [0.15, 0.2) is 18.2 Å². The molecule has 0 bridgehead atoms. The normalized spacial score (nSPS) is 27.7. The van der Waals surface area contributed by atoms with Crippen LogP contribution in [0.2, 0.25) is 0 Å². The molecule has 3 heteroatoms. The van der Waals surface area contributed by atoms with Crippen LogP contribution in [-0.4, -0.2) is 30.5 Å². The average Bonchev–Trinajstić information content (AvgIpc) is 2.91. The number of ether oxygens (including phenoxy) is 1. The zero-order chi connectivity index (χ0) is 15.8. The van der Waals surface area contributed by atoms with Crippen LogP contribution in [-0.2, 0) is 11.2 Å². The van der Waals surface area contributed by atoms with E-state index in [0.29, 0.717) is 24.3 Å². The summed E-state index contributed by atoms with van der Waals surface area (Å²) in [6.45, 7) is 0.999. The number of nitrogens with zero attached hydrogens (tertiary/aromatic N) is 1. The second kappa shape index (κ2) is 6.18. The topological polar surface area (TPSA) is 29.5 Å². The van der Waals surface area contributed by atoms with Gasteiger partial charge in [0.25, 0.3) is 0 Å². The number of hydrogen-bond acceptors (Lipinski definition) is 2. The lowest BCUT2D eigenvalue weighted by molar-refractivity contribution is -0.129. The first-order chi connectivity index (χ1) is 11.3. The zero-order valence-electron chi connectivity index (χ0n) is 14.1. The van der Waals surface area contributed by atoms with Crippen LogP contribution in [0.1, 0.15) is 62.0 Å². The van der Waals surface area contributed by atoms with E-state index in [1.54, 1.807) is 7.11 Å². The number of benzene rings is 1. The molecule has 2 atom stereocenters. The Bertz CT molecular complexity index is 591. The summed E-state index contributed by atoms with van der Waals surface area (Å²) in [5, 5.41) is 0. The quantitative estimate of drug-likeness (QED) is 0.847. The Morgan fingerprint density at radius 3 is 2.78 bits per heavy atom. The molecule has 1 saturated heterocycles. The molecule has 3 aliphatic rings. The third-order valence-corrected chi connectivity index (χ3v) is 6.24. The van der Waals surface area contributed by atoms with Crippen molar-refractivity contribution in [2.45, 2.75) is 63.3 Å². The molecule has 1 saturated carbocycles. The monoisotopic (exact) mass is 313 g/mol. The number of rotatable bonds is 3. The van der Waals surface area contributed by atoms with Gasteiger partial charge in [-0.2, -0.15) is 0 Å². The van der Waals surface area contributed by atoms with Gasteiger partial charge in [0.15, 0.2) is 0 Å². The Labute approximate surface area is 139 Å². The van der Waals surface area contributed by atoms with E-state index in [1.807, 2.05) is 0 Å². The first-order valence-electron chi connectivity index (χ1n) is 9.23. The van der Waals surface area contributed by atoms with Gasteiger partial charge in [0.2, 0.25) is 5.91 Å². The third-order valence-electron chi connectivity index (χ3n) is 6.24. The Kier molecular flexibility index (Phi) is 4.04. The summed E-state index contributed by atoms with van der Waals surface area (Å²) in [5.41, 5.74) is 2.70. The van der Waals surface area contributed by atoms with Crippen molar-refractivity contribution in [3.63, 3.8) is 0 Å². The summed E-state index contributed by atoms with van der Waals surface area (Å²) >= 11 is 0. The van der Waals surface area contributed by atoms with E-state index in [1.165, 1.54) is 43.2 Å². The minimum absolute atomic E-state index is 0.376. The Morgan fingerprint density at radius 2 is 2.00 bits per heavy atom. The van der Waals surface area contributed by atoms with Crippen LogP contribution >= 0.6 is 0 Å². The molecule has 2 fully saturated rings. The molecule has 1 aliphatic heterocycles. The number of fused-ring (bicyclic) bond motifs is 3. The SMILES string of the molecule is COc1cccc2c1CCC1C2CC(=O)N1CC1CCCCC1. The van der Waals surface area contributed by atoms with Crippen LogP contribution in [0.25, 0.3) is 0 Å². The van der Waals surface area contributed by atoms with Crippen LogP contribution in [0, 0.1) is 5.92 Å². The Morgan fingerprint density at radius 1 is 1.17 bits per heavy atom. The standard InChI is InChI=1S/C20H27NO2/c1-23-19-9-5-8-15-16(19)10-11-18-17(15)12-20(22)21(18)13-14-6-3-2-4-7-14/h5,8-9,14,17-18H,2-4,6-7,10-13H2,1H3. The van der Waals surface area contributed by atoms with Gasteiger partial charge in [-0.15, -0.1) is 0 Å². The summed E-state index contributed by atoms with van der Waals surface area (Å²) in [5.74, 6) is 2.49. The molecule has 1 heterocycles. The zero-order valence-corrected chi connectivity index (χ0v) is 14.1. The summed E-state index contributed by atoms with van der Waals surface area (Å²) in [6, 6.07) is 6.76. The Balaban J connectivity index is 1.56. The third kappa shape index (κ3) is 2.64. The van der Waals surface area contributed by atoms with Crippen molar-refractivity contribution in [1.29, 1.82) is 0 Å². The van der Waals surface area contributed by atoms with Gasteiger partial charge in [-0.05, 0) is 48.8 Å². The maximum atomic E-state index is 12.7. The second-order valence-corrected chi connectivity index (χ2v) is 7.49. The highest BCUT2D eigenvalue weighted by Gasteiger charge is 2.44. The first-order valence-corrected chi connectivity index (χ1v) is 9.23. The van der Waals surface area contributed by atoms with Gasteiger partial charge in [0.1, 0.15) is 5.75 Å². The Hall–Kier alpha value is -1.51. The lowest BCUT2D eigenvalue weighted by Gasteiger charge is -2.36. The van der Waals surface area contributed by atoms with Gasteiger partial charge in [0.05, 0.1) is 7.11 Å². The fraction of sp³-hybridized carbons (Fsp3) is 0.650. The molecular formula is C20H27NO2. The molecule has 1 amide bonds. The highest BCUT2D eigenvalue weighted by Crippen LogP contribution is 2.45. The molecule has 124 valence electrons. The van der Waals surface area contributed by atoms with E-state index >= 15 is 0 Å². The fourth-order valence-corrected chi connectivity index (χ4v) is 5.08. The van der Waals surface area contributed by atoms with Gasteiger partial charge >= 0.3 is 0 Å². The van der Waals surface area contributed by atoms with Gasteiger partial charge in [-0.3, -0.25) is 4.79 Å². The highest BCUT2D eigenvalue weighted by atomic mass is 16.5. The maximum Gasteiger partial charge on any atom is 0.223 e. The van der Waals surface area contributed by atoms with Crippen molar-refractivity contribution in [2.24, 2.45) is 5.92 Å². The van der Waals surface area contributed by atoms with E-state index in [2.05, 4.69) is 23.1 Å². The van der Waals surface area contributed by atoms with Crippen LogP contribution in [0.3, 0.4) is 0 Å². The first kappa shape index (κ1) is 15.0. The van der Waals surface area contributed by atoms with E-state index in [4.69, 9.17) is 4.74 Å². The summed E-state index contributed by atoms with van der Waals surface area (Å²) < 4.78 is 5.54. The molecule has 1 aromatic rings. The van der Waals surface area contributed by atoms with E-state index < -0.39 is 0 Å². The molecule has 3 nitrogen and oxygen atoms in total. The maximum absolute atomic E-state index is 12.7. The second-order valence-electron chi connectivity index (χ2n) is 7.49. The summed E-state index contributed by atoms with van der Waals surface area (Å²) in [7, 11) is 1.75.